The maximum Gasteiger partial charge on any atom is 0.414 e. The monoisotopic (exact) mass is 288 g/mol. The van der Waals surface area contributed by atoms with Crippen LogP contribution in [0.4, 0.5) is 11.5 Å². The van der Waals surface area contributed by atoms with E-state index in [0.29, 0.717) is 12.6 Å². The van der Waals surface area contributed by atoms with Crippen molar-refractivity contribution in [1.82, 2.24) is 9.55 Å². The van der Waals surface area contributed by atoms with E-state index in [-0.39, 0.29) is 11.4 Å². The summed E-state index contributed by atoms with van der Waals surface area (Å²) >= 11 is 0. The molecule has 0 bridgehead atoms. The largest absolute Gasteiger partial charge is 0.438 e. The summed E-state index contributed by atoms with van der Waals surface area (Å²) in [6.45, 7) is 3.31. The molecule has 7 heteroatoms. The topological polar surface area (TPSA) is 82.2 Å². The first kappa shape index (κ1) is 13.4. The van der Waals surface area contributed by atoms with Gasteiger partial charge in [0.1, 0.15) is 11.8 Å². The number of rotatable bonds is 5. The summed E-state index contributed by atoms with van der Waals surface area (Å²) in [5.41, 5.74) is 0.673. The van der Waals surface area contributed by atoms with Crippen LogP contribution in [0.15, 0.2) is 36.5 Å². The van der Waals surface area contributed by atoms with Crippen molar-refractivity contribution in [2.24, 2.45) is 0 Å². The van der Waals surface area contributed by atoms with E-state index in [2.05, 4.69) is 10.3 Å². The van der Waals surface area contributed by atoms with Gasteiger partial charge in [-0.3, -0.25) is 4.57 Å². The molecule has 1 N–H and O–H groups in total. The molecule has 3 rings (SSSR count). The number of imidazole rings is 1. The van der Waals surface area contributed by atoms with Gasteiger partial charge in [-0.15, -0.1) is 0 Å². The molecule has 2 heterocycles. The lowest BCUT2D eigenvalue weighted by molar-refractivity contribution is -0.389. The lowest BCUT2D eigenvalue weighted by atomic mass is 10.0. The number of fused-ring (bicyclic) bond motifs is 1. The minimum Gasteiger partial charge on any atom is -0.438 e. The third-order valence-electron chi connectivity index (χ3n) is 3.51. The molecule has 0 saturated carbocycles. The standard InChI is InChI=1S/C14H16N4O3/c1-14(7-8-15-11-5-3-2-4-6-11)10-17-9-12(18(19)20)16-13(17)21-14/h2-6,9,15H,7-8,10H2,1H3. The van der Waals surface area contributed by atoms with Gasteiger partial charge < -0.3 is 20.2 Å². The molecule has 1 aliphatic rings. The highest BCUT2D eigenvalue weighted by atomic mass is 16.6. The van der Waals surface area contributed by atoms with Gasteiger partial charge in [-0.05, 0) is 24.0 Å². The Morgan fingerprint density at radius 3 is 2.90 bits per heavy atom. The molecule has 0 aliphatic carbocycles. The van der Waals surface area contributed by atoms with Crippen LogP contribution >= 0.6 is 0 Å². The second-order valence-corrected chi connectivity index (χ2v) is 5.36. The Morgan fingerprint density at radius 2 is 2.24 bits per heavy atom. The number of aromatic nitrogens is 2. The molecule has 7 nitrogen and oxygen atoms in total. The van der Waals surface area contributed by atoms with Gasteiger partial charge in [0.2, 0.25) is 0 Å². The molecule has 110 valence electrons. The number of anilines is 1. The van der Waals surface area contributed by atoms with Crippen LogP contribution in [-0.4, -0.2) is 26.6 Å². The van der Waals surface area contributed by atoms with Crippen LogP contribution < -0.4 is 10.1 Å². The Hall–Kier alpha value is -2.57. The molecule has 1 atom stereocenters. The normalized spacial score (nSPS) is 19.9. The summed E-state index contributed by atoms with van der Waals surface area (Å²) in [6, 6.07) is 10.3. The van der Waals surface area contributed by atoms with Crippen molar-refractivity contribution >= 4 is 11.5 Å². The summed E-state index contributed by atoms with van der Waals surface area (Å²) < 4.78 is 7.47. The average Bonchev–Trinajstić information content (AvgIpc) is 2.95. The lowest BCUT2D eigenvalue weighted by Gasteiger charge is -2.22. The van der Waals surface area contributed by atoms with Gasteiger partial charge in [0.05, 0.1) is 6.54 Å². The fourth-order valence-electron chi connectivity index (χ4n) is 2.44. The zero-order valence-electron chi connectivity index (χ0n) is 11.7. The molecule has 0 amide bonds. The van der Waals surface area contributed by atoms with Crippen LogP contribution in [0.3, 0.4) is 0 Å². The lowest BCUT2D eigenvalue weighted by Crippen LogP contribution is -2.33. The minimum atomic E-state index is -0.511. The molecule has 1 aromatic carbocycles. The molecule has 0 saturated heterocycles. The Labute approximate surface area is 121 Å². The Kier molecular flexibility index (Phi) is 3.25. The Morgan fingerprint density at radius 1 is 1.48 bits per heavy atom. The van der Waals surface area contributed by atoms with E-state index in [1.807, 2.05) is 37.3 Å². The van der Waals surface area contributed by atoms with Gasteiger partial charge in [0, 0.05) is 23.6 Å². The van der Waals surface area contributed by atoms with E-state index < -0.39 is 4.92 Å². The number of para-hydroxylation sites is 1. The summed E-state index contributed by atoms with van der Waals surface area (Å²) in [6.07, 6.45) is 2.20. The Balaban J connectivity index is 1.57. The maximum atomic E-state index is 10.7. The number of nitrogens with zero attached hydrogens (tertiary/aromatic N) is 3. The molecule has 0 spiro atoms. The zero-order chi connectivity index (χ0) is 14.9. The van der Waals surface area contributed by atoms with E-state index in [4.69, 9.17) is 4.74 Å². The summed E-state index contributed by atoms with van der Waals surface area (Å²) in [5, 5.41) is 14.0. The van der Waals surface area contributed by atoms with Crippen LogP contribution in [-0.2, 0) is 6.54 Å². The van der Waals surface area contributed by atoms with Crippen LogP contribution in [0.25, 0.3) is 0 Å². The fraction of sp³-hybridized carbons (Fsp3) is 0.357. The molecule has 1 aromatic heterocycles. The molecule has 1 aliphatic heterocycles. The first-order valence-corrected chi connectivity index (χ1v) is 6.75. The van der Waals surface area contributed by atoms with Crippen LogP contribution in [0.5, 0.6) is 6.01 Å². The second-order valence-electron chi connectivity index (χ2n) is 5.36. The van der Waals surface area contributed by atoms with Crippen LogP contribution in [0.2, 0.25) is 0 Å². The number of hydrogen-bond acceptors (Lipinski definition) is 5. The van der Waals surface area contributed by atoms with E-state index in [9.17, 15) is 10.1 Å². The first-order valence-electron chi connectivity index (χ1n) is 6.75. The highest BCUT2D eigenvalue weighted by Gasteiger charge is 2.39. The number of benzene rings is 1. The summed E-state index contributed by atoms with van der Waals surface area (Å²) in [5.74, 6) is -0.172. The quantitative estimate of drug-likeness (QED) is 0.675. The third kappa shape index (κ3) is 2.81. The van der Waals surface area contributed by atoms with Crippen molar-refractivity contribution in [2.75, 3.05) is 11.9 Å². The van der Waals surface area contributed by atoms with E-state index in [1.54, 1.807) is 4.57 Å². The summed E-state index contributed by atoms with van der Waals surface area (Å²) in [4.78, 5) is 14.0. The fourth-order valence-corrected chi connectivity index (χ4v) is 2.44. The molecule has 21 heavy (non-hydrogen) atoms. The second kappa shape index (κ2) is 5.08. The van der Waals surface area contributed by atoms with Crippen molar-refractivity contribution < 1.29 is 9.66 Å². The van der Waals surface area contributed by atoms with Gasteiger partial charge in [-0.1, -0.05) is 18.2 Å². The average molecular weight is 288 g/mol. The minimum absolute atomic E-state index is 0.172. The molecule has 0 fully saturated rings. The Bertz CT molecular complexity index is 630. The number of nitrogens with one attached hydrogen (secondary N) is 1. The highest BCUT2D eigenvalue weighted by Crippen LogP contribution is 2.32. The zero-order valence-corrected chi connectivity index (χ0v) is 11.7. The molecule has 2 aromatic rings. The molecular formula is C14H16N4O3. The number of nitro groups is 1. The van der Waals surface area contributed by atoms with Crippen LogP contribution in [0, 0.1) is 10.1 Å². The van der Waals surface area contributed by atoms with Gasteiger partial charge in [0.15, 0.2) is 0 Å². The SMILES string of the molecule is CC1(CCNc2ccccc2)Cn2cc([N+](=O)[O-])nc2O1. The van der Waals surface area contributed by atoms with Crippen molar-refractivity contribution in [1.29, 1.82) is 0 Å². The highest BCUT2D eigenvalue weighted by molar-refractivity contribution is 5.42. The molecular weight excluding hydrogens is 272 g/mol. The smallest absolute Gasteiger partial charge is 0.414 e. The van der Waals surface area contributed by atoms with Crippen molar-refractivity contribution in [3.05, 3.63) is 46.6 Å². The number of hydrogen-bond donors (Lipinski definition) is 1. The maximum absolute atomic E-state index is 10.7. The van der Waals surface area contributed by atoms with Gasteiger partial charge in [-0.2, -0.15) is 0 Å². The van der Waals surface area contributed by atoms with E-state index in [0.717, 1.165) is 18.7 Å². The first-order chi connectivity index (χ1) is 10.1. The van der Waals surface area contributed by atoms with E-state index in [1.165, 1.54) is 6.20 Å². The van der Waals surface area contributed by atoms with Crippen molar-refractivity contribution in [3.63, 3.8) is 0 Å². The van der Waals surface area contributed by atoms with E-state index >= 15 is 0 Å². The van der Waals surface area contributed by atoms with Crippen molar-refractivity contribution in [3.8, 4) is 6.01 Å². The van der Waals surface area contributed by atoms with Gasteiger partial charge >= 0.3 is 11.8 Å². The predicted octanol–water partition coefficient (Wildman–Crippen LogP) is 2.44. The van der Waals surface area contributed by atoms with Crippen molar-refractivity contribution in [2.45, 2.75) is 25.5 Å². The molecule has 0 radical (unpaired) electrons. The third-order valence-corrected chi connectivity index (χ3v) is 3.51. The van der Waals surface area contributed by atoms with Crippen LogP contribution in [0.1, 0.15) is 13.3 Å². The number of ether oxygens (including phenoxy) is 1. The molecule has 1 unspecified atom stereocenters. The van der Waals surface area contributed by atoms with Gasteiger partial charge in [0.25, 0.3) is 0 Å². The summed E-state index contributed by atoms with van der Waals surface area (Å²) in [7, 11) is 0. The van der Waals surface area contributed by atoms with Gasteiger partial charge in [-0.25, -0.2) is 0 Å². The predicted molar refractivity (Wildman–Crippen MR) is 77.5 cm³/mol.